The van der Waals surface area contributed by atoms with Crippen LogP contribution >= 0.6 is 11.3 Å². The summed E-state index contributed by atoms with van der Waals surface area (Å²) in [5.41, 5.74) is 1.48. The molecule has 0 radical (unpaired) electrons. The van der Waals surface area contributed by atoms with Crippen LogP contribution in [0.25, 0.3) is 4.96 Å². The molecule has 3 rings (SSSR count). The fraction of sp³-hybridized carbons (Fsp3) is 0.143. The summed E-state index contributed by atoms with van der Waals surface area (Å²) >= 11 is 1.56. The van der Waals surface area contributed by atoms with Crippen LogP contribution in [0, 0.1) is 0 Å². The van der Waals surface area contributed by atoms with Gasteiger partial charge in [0, 0.05) is 23.3 Å². The molecule has 0 N–H and O–H groups in total. The molecule has 0 aliphatic rings. The molecule has 0 bridgehead atoms. The molecule has 5 heteroatoms. The predicted molar refractivity (Wildman–Crippen MR) is 74.1 cm³/mol. The highest BCUT2D eigenvalue weighted by atomic mass is 32.1. The Balaban J connectivity index is 1.78. The van der Waals surface area contributed by atoms with Gasteiger partial charge in [-0.2, -0.15) is 0 Å². The van der Waals surface area contributed by atoms with Crippen LogP contribution in [0.1, 0.15) is 16.1 Å². The van der Waals surface area contributed by atoms with Crippen LogP contribution in [0.15, 0.2) is 42.0 Å². The normalized spacial score (nSPS) is 10.8. The van der Waals surface area contributed by atoms with Gasteiger partial charge < -0.3 is 4.74 Å². The summed E-state index contributed by atoms with van der Waals surface area (Å²) in [5.74, 6) is 0.812. The third-order valence-corrected chi connectivity index (χ3v) is 3.67. The summed E-state index contributed by atoms with van der Waals surface area (Å²) < 4.78 is 7.00. The molecule has 0 aliphatic carbocycles. The van der Waals surface area contributed by atoms with Crippen molar-refractivity contribution < 1.29 is 9.53 Å². The first kappa shape index (κ1) is 11.9. The van der Waals surface area contributed by atoms with E-state index in [2.05, 4.69) is 4.98 Å². The number of ether oxygens (including phenoxy) is 1. The maximum absolute atomic E-state index is 12.1. The molecule has 4 nitrogen and oxygen atoms in total. The SMILES string of the molecule is COc1ccc(C(=O)Cc2cn3ccsc3n2)cc1. The lowest BCUT2D eigenvalue weighted by Gasteiger charge is -2.01. The quantitative estimate of drug-likeness (QED) is 0.686. The summed E-state index contributed by atoms with van der Waals surface area (Å²) in [5, 5.41) is 1.97. The largest absolute Gasteiger partial charge is 0.497 e. The number of methoxy groups -OCH3 is 1. The minimum atomic E-state index is 0.0633. The molecule has 0 spiro atoms. The van der Waals surface area contributed by atoms with E-state index in [0.717, 1.165) is 16.4 Å². The van der Waals surface area contributed by atoms with Crippen molar-refractivity contribution in [3.8, 4) is 5.75 Å². The van der Waals surface area contributed by atoms with Crippen molar-refractivity contribution in [3.05, 3.63) is 53.3 Å². The number of aromatic nitrogens is 2. The van der Waals surface area contributed by atoms with Crippen LogP contribution in [-0.4, -0.2) is 22.3 Å². The molecule has 0 fully saturated rings. The first-order valence-electron chi connectivity index (χ1n) is 5.84. The lowest BCUT2D eigenvalue weighted by molar-refractivity contribution is 0.0992. The molecular formula is C14H12N2O2S. The highest BCUT2D eigenvalue weighted by Gasteiger charge is 2.10. The highest BCUT2D eigenvalue weighted by Crippen LogP contribution is 2.15. The van der Waals surface area contributed by atoms with Gasteiger partial charge >= 0.3 is 0 Å². The Morgan fingerprint density at radius 2 is 2.16 bits per heavy atom. The molecule has 19 heavy (non-hydrogen) atoms. The van der Waals surface area contributed by atoms with Crippen molar-refractivity contribution in [3.63, 3.8) is 0 Å². The van der Waals surface area contributed by atoms with E-state index in [9.17, 15) is 4.79 Å². The Morgan fingerprint density at radius 3 is 2.84 bits per heavy atom. The van der Waals surface area contributed by atoms with Crippen molar-refractivity contribution in [1.82, 2.24) is 9.38 Å². The predicted octanol–water partition coefficient (Wildman–Crippen LogP) is 2.83. The number of benzene rings is 1. The van der Waals surface area contributed by atoms with E-state index >= 15 is 0 Å². The summed E-state index contributed by atoms with van der Waals surface area (Å²) in [4.78, 5) is 17.4. The van der Waals surface area contributed by atoms with E-state index in [0.29, 0.717) is 12.0 Å². The molecule has 2 heterocycles. The zero-order chi connectivity index (χ0) is 13.2. The highest BCUT2D eigenvalue weighted by molar-refractivity contribution is 7.15. The van der Waals surface area contributed by atoms with Gasteiger partial charge in [0.15, 0.2) is 10.7 Å². The third-order valence-electron chi connectivity index (χ3n) is 2.90. The molecule has 1 aromatic carbocycles. The number of carbonyl (C=O) groups excluding carboxylic acids is 1. The van der Waals surface area contributed by atoms with Crippen molar-refractivity contribution in [1.29, 1.82) is 0 Å². The summed E-state index contributed by atoms with van der Waals surface area (Å²) in [6.07, 6.45) is 4.16. The smallest absolute Gasteiger partial charge is 0.193 e. The first-order valence-corrected chi connectivity index (χ1v) is 6.72. The molecule has 0 aliphatic heterocycles. The number of nitrogens with zero attached hydrogens (tertiary/aromatic N) is 2. The van der Waals surface area contributed by atoms with Gasteiger partial charge in [-0.25, -0.2) is 4.98 Å². The van der Waals surface area contributed by atoms with E-state index in [1.807, 2.05) is 22.2 Å². The zero-order valence-corrected chi connectivity index (χ0v) is 11.2. The fourth-order valence-electron chi connectivity index (χ4n) is 1.90. The van der Waals surface area contributed by atoms with E-state index < -0.39 is 0 Å². The second-order valence-corrected chi connectivity index (χ2v) is 5.03. The number of carbonyl (C=O) groups is 1. The maximum Gasteiger partial charge on any atom is 0.193 e. The van der Waals surface area contributed by atoms with Crippen molar-refractivity contribution in [2.75, 3.05) is 7.11 Å². The Morgan fingerprint density at radius 1 is 1.37 bits per heavy atom. The van der Waals surface area contributed by atoms with Gasteiger partial charge in [-0.1, -0.05) is 0 Å². The molecule has 0 saturated heterocycles. The Bertz CT molecular complexity index is 684. The van der Waals surface area contributed by atoms with Crippen LogP contribution in [0.3, 0.4) is 0 Å². The Hall–Kier alpha value is -2.14. The second-order valence-electron chi connectivity index (χ2n) is 4.15. The molecule has 96 valence electrons. The van der Waals surface area contributed by atoms with Crippen LogP contribution in [0.4, 0.5) is 0 Å². The molecular weight excluding hydrogens is 260 g/mol. The van der Waals surface area contributed by atoms with Crippen molar-refractivity contribution in [2.24, 2.45) is 0 Å². The number of fused-ring (bicyclic) bond motifs is 1. The van der Waals surface area contributed by atoms with Crippen LogP contribution < -0.4 is 4.74 Å². The molecule has 0 atom stereocenters. The number of rotatable bonds is 4. The molecule has 0 amide bonds. The summed E-state index contributed by atoms with van der Waals surface area (Å²) in [6.45, 7) is 0. The average molecular weight is 272 g/mol. The van der Waals surface area contributed by atoms with Gasteiger partial charge in [-0.15, -0.1) is 11.3 Å². The summed E-state index contributed by atoms with van der Waals surface area (Å²) in [6, 6.07) is 7.14. The van der Waals surface area contributed by atoms with Gasteiger partial charge in [-0.05, 0) is 24.3 Å². The number of hydrogen-bond acceptors (Lipinski definition) is 4. The van der Waals surface area contributed by atoms with Crippen molar-refractivity contribution in [2.45, 2.75) is 6.42 Å². The lowest BCUT2D eigenvalue weighted by Crippen LogP contribution is -2.03. The van der Waals surface area contributed by atoms with Gasteiger partial charge in [0.05, 0.1) is 19.2 Å². The van der Waals surface area contributed by atoms with E-state index in [1.165, 1.54) is 0 Å². The standard InChI is InChI=1S/C14H12N2O2S/c1-18-12-4-2-10(3-5-12)13(17)8-11-9-16-6-7-19-14(16)15-11/h2-7,9H,8H2,1H3. The average Bonchev–Trinajstić information content (AvgIpc) is 2.99. The van der Waals surface area contributed by atoms with Gasteiger partial charge in [0.1, 0.15) is 5.75 Å². The second kappa shape index (κ2) is 4.85. The Labute approximate surface area is 114 Å². The number of ketones is 1. The van der Waals surface area contributed by atoms with E-state index in [-0.39, 0.29) is 5.78 Å². The Kier molecular flexibility index (Phi) is 3.05. The molecule has 3 aromatic rings. The van der Waals surface area contributed by atoms with E-state index in [4.69, 9.17) is 4.74 Å². The fourth-order valence-corrected chi connectivity index (χ4v) is 2.62. The van der Waals surface area contributed by atoms with Crippen molar-refractivity contribution >= 4 is 22.1 Å². The summed E-state index contributed by atoms with van der Waals surface area (Å²) in [7, 11) is 1.61. The van der Waals surface area contributed by atoms with Crippen LogP contribution in [0.2, 0.25) is 0 Å². The van der Waals surface area contributed by atoms with Gasteiger partial charge in [0.25, 0.3) is 0 Å². The minimum absolute atomic E-state index is 0.0633. The third kappa shape index (κ3) is 2.37. The lowest BCUT2D eigenvalue weighted by atomic mass is 10.1. The molecule has 0 saturated carbocycles. The molecule has 2 aromatic heterocycles. The minimum Gasteiger partial charge on any atom is -0.497 e. The maximum atomic E-state index is 12.1. The number of thiazole rings is 1. The number of imidazole rings is 1. The zero-order valence-electron chi connectivity index (χ0n) is 10.4. The van der Waals surface area contributed by atoms with Gasteiger partial charge in [-0.3, -0.25) is 9.20 Å². The first-order chi connectivity index (χ1) is 9.26. The molecule has 0 unspecified atom stereocenters. The monoisotopic (exact) mass is 272 g/mol. The van der Waals surface area contributed by atoms with Gasteiger partial charge in [0.2, 0.25) is 0 Å². The van der Waals surface area contributed by atoms with E-state index in [1.54, 1.807) is 42.7 Å². The van der Waals surface area contributed by atoms with Crippen LogP contribution in [0.5, 0.6) is 5.75 Å². The number of Topliss-reactive ketones (excluding diaryl/α,β-unsaturated/α-hetero) is 1. The van der Waals surface area contributed by atoms with Crippen LogP contribution in [-0.2, 0) is 6.42 Å². The topological polar surface area (TPSA) is 43.6 Å². The number of hydrogen-bond donors (Lipinski definition) is 0.